The number of amides is 2. The van der Waals surface area contributed by atoms with Crippen molar-refractivity contribution >= 4 is 28.5 Å². The molecule has 2 amide bonds. The Kier molecular flexibility index (Phi) is 4.79. The van der Waals surface area contributed by atoms with Crippen molar-refractivity contribution in [2.75, 3.05) is 11.9 Å². The number of aromatic nitrogens is 2. The minimum absolute atomic E-state index is 0.000991. The number of urea groups is 1. The van der Waals surface area contributed by atoms with Crippen LogP contribution in [0.4, 0.5) is 10.5 Å². The van der Waals surface area contributed by atoms with Gasteiger partial charge in [-0.1, -0.05) is 12.1 Å². The van der Waals surface area contributed by atoms with Crippen LogP contribution in [0.15, 0.2) is 48.5 Å². The largest absolute Gasteiger partial charge is 0.336 e. The van der Waals surface area contributed by atoms with Gasteiger partial charge in [0.25, 0.3) is 0 Å². The number of nitrogens with zero attached hydrogens (tertiary/aromatic N) is 2. The molecule has 1 aromatic heterocycles. The molecule has 2 N–H and O–H groups in total. The van der Waals surface area contributed by atoms with Gasteiger partial charge in [-0.15, -0.1) is 0 Å². The van der Waals surface area contributed by atoms with Crippen LogP contribution in [0.5, 0.6) is 0 Å². The van der Waals surface area contributed by atoms with Gasteiger partial charge in [0.2, 0.25) is 0 Å². The van der Waals surface area contributed by atoms with Crippen LogP contribution in [0.3, 0.4) is 0 Å². The van der Waals surface area contributed by atoms with E-state index in [-0.39, 0.29) is 11.8 Å². The van der Waals surface area contributed by atoms with Crippen LogP contribution < -0.4 is 10.6 Å². The molecule has 3 rings (SSSR count). The van der Waals surface area contributed by atoms with Gasteiger partial charge >= 0.3 is 6.03 Å². The van der Waals surface area contributed by atoms with Gasteiger partial charge in [0, 0.05) is 24.3 Å². The molecule has 0 fully saturated rings. The molecule has 128 valence electrons. The number of anilines is 1. The first kappa shape index (κ1) is 16.7. The molecule has 0 spiro atoms. The van der Waals surface area contributed by atoms with Crippen LogP contribution >= 0.6 is 0 Å². The van der Waals surface area contributed by atoms with E-state index in [1.807, 2.05) is 31.2 Å². The highest BCUT2D eigenvalue weighted by Gasteiger charge is 2.07. The van der Waals surface area contributed by atoms with Crippen LogP contribution in [0.25, 0.3) is 11.0 Å². The Hall–Kier alpha value is -3.15. The summed E-state index contributed by atoms with van der Waals surface area (Å²) in [6, 6.07) is 14.5. The molecule has 25 heavy (non-hydrogen) atoms. The molecule has 0 aliphatic carbocycles. The highest BCUT2D eigenvalue weighted by Crippen LogP contribution is 2.15. The molecule has 0 unspecified atom stereocenters. The third-order valence-corrected chi connectivity index (χ3v) is 4.02. The monoisotopic (exact) mass is 336 g/mol. The van der Waals surface area contributed by atoms with E-state index in [1.165, 1.54) is 6.92 Å². The Morgan fingerprint density at radius 3 is 2.52 bits per heavy atom. The lowest BCUT2D eigenvalue weighted by Gasteiger charge is -2.10. The first-order valence-corrected chi connectivity index (χ1v) is 8.12. The summed E-state index contributed by atoms with van der Waals surface area (Å²) in [7, 11) is 0. The molecule has 6 nitrogen and oxygen atoms in total. The zero-order valence-corrected chi connectivity index (χ0v) is 14.2. The molecule has 0 aliphatic rings. The molecule has 0 aliphatic heterocycles. The van der Waals surface area contributed by atoms with Crippen LogP contribution in [0.1, 0.15) is 23.1 Å². The smallest absolute Gasteiger partial charge is 0.319 e. The molecule has 2 aromatic carbocycles. The predicted octanol–water partition coefficient (Wildman–Crippen LogP) is 3.37. The van der Waals surface area contributed by atoms with E-state index in [2.05, 4.69) is 20.2 Å². The molecule has 0 atom stereocenters. The van der Waals surface area contributed by atoms with Crippen LogP contribution in [0.2, 0.25) is 0 Å². The number of carbonyl (C=O) groups is 2. The summed E-state index contributed by atoms with van der Waals surface area (Å²) in [6.07, 6.45) is 0. The SMILES string of the molecule is CC(=O)c1ccc(NC(=O)NCCn2c(C)nc3ccccc32)cc1. The van der Waals surface area contributed by atoms with E-state index in [4.69, 9.17) is 0 Å². The summed E-state index contributed by atoms with van der Waals surface area (Å²) in [5.74, 6) is 0.919. The zero-order chi connectivity index (χ0) is 17.8. The quantitative estimate of drug-likeness (QED) is 0.701. The number of imidazole rings is 1. The van der Waals surface area contributed by atoms with Gasteiger partial charge in [-0.25, -0.2) is 9.78 Å². The zero-order valence-electron chi connectivity index (χ0n) is 14.2. The number of para-hydroxylation sites is 2. The summed E-state index contributed by atoms with van der Waals surface area (Å²) >= 11 is 0. The molecule has 6 heteroatoms. The minimum Gasteiger partial charge on any atom is -0.336 e. The lowest BCUT2D eigenvalue weighted by molar-refractivity contribution is 0.101. The highest BCUT2D eigenvalue weighted by molar-refractivity contribution is 5.95. The maximum atomic E-state index is 12.0. The fourth-order valence-corrected chi connectivity index (χ4v) is 2.72. The first-order chi connectivity index (χ1) is 12.0. The Balaban J connectivity index is 1.55. The molecule has 0 radical (unpaired) electrons. The number of aryl methyl sites for hydroxylation is 1. The number of benzene rings is 2. The van der Waals surface area contributed by atoms with Gasteiger partial charge < -0.3 is 15.2 Å². The lowest BCUT2D eigenvalue weighted by atomic mass is 10.1. The number of hydrogen-bond donors (Lipinski definition) is 2. The number of hydrogen-bond acceptors (Lipinski definition) is 3. The normalized spacial score (nSPS) is 10.6. The van der Waals surface area contributed by atoms with E-state index in [9.17, 15) is 9.59 Å². The number of fused-ring (bicyclic) bond motifs is 1. The van der Waals surface area contributed by atoms with Crippen LogP contribution in [-0.4, -0.2) is 27.9 Å². The predicted molar refractivity (Wildman–Crippen MR) is 97.9 cm³/mol. The Labute approximate surface area is 145 Å². The third-order valence-electron chi connectivity index (χ3n) is 4.02. The maximum Gasteiger partial charge on any atom is 0.319 e. The van der Waals surface area contributed by atoms with Crippen molar-refractivity contribution in [3.63, 3.8) is 0 Å². The molecule has 0 saturated carbocycles. The van der Waals surface area contributed by atoms with Gasteiger partial charge in [-0.05, 0) is 50.2 Å². The fourth-order valence-electron chi connectivity index (χ4n) is 2.72. The van der Waals surface area contributed by atoms with Gasteiger partial charge in [0.05, 0.1) is 11.0 Å². The second kappa shape index (κ2) is 7.17. The van der Waals surface area contributed by atoms with E-state index >= 15 is 0 Å². The molecular weight excluding hydrogens is 316 g/mol. The van der Waals surface area contributed by atoms with Crippen molar-refractivity contribution in [3.8, 4) is 0 Å². The van der Waals surface area contributed by atoms with E-state index in [1.54, 1.807) is 24.3 Å². The van der Waals surface area contributed by atoms with E-state index in [0.717, 1.165) is 16.9 Å². The topological polar surface area (TPSA) is 76.0 Å². The van der Waals surface area contributed by atoms with E-state index in [0.29, 0.717) is 24.3 Å². The number of Topliss-reactive ketones (excluding diaryl/α,β-unsaturated/α-hetero) is 1. The van der Waals surface area contributed by atoms with Gasteiger partial charge in [-0.3, -0.25) is 4.79 Å². The van der Waals surface area contributed by atoms with Crippen LogP contribution in [0, 0.1) is 6.92 Å². The summed E-state index contributed by atoms with van der Waals surface area (Å²) in [6.45, 7) is 4.59. The van der Waals surface area contributed by atoms with Crippen LogP contribution in [-0.2, 0) is 6.54 Å². The summed E-state index contributed by atoms with van der Waals surface area (Å²) in [5.41, 5.74) is 3.28. The van der Waals surface area contributed by atoms with Crippen molar-refractivity contribution in [1.29, 1.82) is 0 Å². The molecular formula is C19H20N4O2. The standard InChI is InChI=1S/C19H20N4O2/c1-13(24)15-7-9-16(10-8-15)22-19(25)20-11-12-23-14(2)21-17-5-3-4-6-18(17)23/h3-10H,11-12H2,1-2H3,(H2,20,22,25). The third kappa shape index (κ3) is 3.85. The van der Waals surface area contributed by atoms with Gasteiger partial charge in [0.15, 0.2) is 5.78 Å². The van der Waals surface area contributed by atoms with Gasteiger partial charge in [0.1, 0.15) is 5.82 Å². The summed E-state index contributed by atoms with van der Waals surface area (Å²) in [5, 5.41) is 5.59. The van der Waals surface area contributed by atoms with Crippen molar-refractivity contribution in [2.45, 2.75) is 20.4 Å². The number of ketones is 1. The second-order valence-electron chi connectivity index (χ2n) is 5.81. The number of nitrogens with one attached hydrogen (secondary N) is 2. The van der Waals surface area contributed by atoms with Crippen molar-refractivity contribution in [1.82, 2.24) is 14.9 Å². The molecule has 3 aromatic rings. The fraction of sp³-hybridized carbons (Fsp3) is 0.211. The number of rotatable bonds is 5. The Morgan fingerprint density at radius 2 is 1.80 bits per heavy atom. The average molecular weight is 336 g/mol. The number of carbonyl (C=O) groups excluding carboxylic acids is 2. The second-order valence-corrected chi connectivity index (χ2v) is 5.81. The Morgan fingerprint density at radius 1 is 1.08 bits per heavy atom. The van der Waals surface area contributed by atoms with Gasteiger partial charge in [-0.2, -0.15) is 0 Å². The maximum absolute atomic E-state index is 12.0. The summed E-state index contributed by atoms with van der Waals surface area (Å²) < 4.78 is 2.08. The molecule has 1 heterocycles. The average Bonchev–Trinajstić information content (AvgIpc) is 2.91. The Bertz CT molecular complexity index is 913. The molecule has 0 saturated heterocycles. The molecule has 0 bridgehead atoms. The van der Waals surface area contributed by atoms with Crippen molar-refractivity contribution in [3.05, 3.63) is 59.9 Å². The highest BCUT2D eigenvalue weighted by atomic mass is 16.2. The summed E-state index contributed by atoms with van der Waals surface area (Å²) in [4.78, 5) is 27.7. The van der Waals surface area contributed by atoms with E-state index < -0.39 is 0 Å². The lowest BCUT2D eigenvalue weighted by Crippen LogP contribution is -2.31. The first-order valence-electron chi connectivity index (χ1n) is 8.12. The van der Waals surface area contributed by atoms with Crippen molar-refractivity contribution in [2.24, 2.45) is 0 Å². The van der Waals surface area contributed by atoms with Crippen molar-refractivity contribution < 1.29 is 9.59 Å². The minimum atomic E-state index is -0.280.